The largest absolute Gasteiger partial charge is 0.496 e. The molecule has 0 amide bonds. The second-order valence-electron chi connectivity index (χ2n) is 4.99. The lowest BCUT2D eigenvalue weighted by Gasteiger charge is -2.25. The van der Waals surface area contributed by atoms with Gasteiger partial charge in [0.15, 0.2) is 5.06 Å². The fourth-order valence-corrected chi connectivity index (χ4v) is 3.38. The summed E-state index contributed by atoms with van der Waals surface area (Å²) in [5.74, 6) is 0.854. The first-order chi connectivity index (χ1) is 10.6. The van der Waals surface area contributed by atoms with E-state index in [1.807, 2.05) is 42.5 Å². The maximum atomic E-state index is 6.41. The molecule has 1 aliphatic rings. The van der Waals surface area contributed by atoms with E-state index < -0.39 is 5.06 Å². The van der Waals surface area contributed by atoms with Crippen LogP contribution in [0.4, 0.5) is 0 Å². The van der Waals surface area contributed by atoms with Crippen LogP contribution in [0.15, 0.2) is 46.1 Å². The van der Waals surface area contributed by atoms with Gasteiger partial charge in [-0.05, 0) is 41.2 Å². The van der Waals surface area contributed by atoms with Gasteiger partial charge >= 0.3 is 0 Å². The zero-order chi connectivity index (χ0) is 15.8. The van der Waals surface area contributed by atoms with Gasteiger partial charge in [-0.1, -0.05) is 42.0 Å². The quantitative estimate of drug-likeness (QED) is 0.333. The molecule has 0 N–H and O–H groups in total. The number of methoxy groups -OCH3 is 1. The van der Waals surface area contributed by atoms with E-state index in [-0.39, 0.29) is 0 Å². The highest BCUT2D eigenvalue weighted by atomic mass is 127. The molecule has 120 valence electrons. The summed E-state index contributed by atoms with van der Waals surface area (Å²) < 4.78 is 17.8. The highest BCUT2D eigenvalue weighted by Gasteiger charge is 2.26. The van der Waals surface area contributed by atoms with Crippen molar-refractivity contribution in [1.29, 1.82) is 0 Å². The SMILES string of the molecule is COc1ccccc1COCCCOC1(Cl)C=C(I)C=CC1. The Bertz CT molecular complexity index is 544. The van der Waals surface area contributed by atoms with Crippen molar-refractivity contribution >= 4 is 34.2 Å². The number of rotatable bonds is 8. The van der Waals surface area contributed by atoms with E-state index in [4.69, 9.17) is 25.8 Å². The number of ether oxygens (including phenoxy) is 3. The lowest BCUT2D eigenvalue weighted by Crippen LogP contribution is -2.24. The molecule has 1 aromatic carbocycles. The van der Waals surface area contributed by atoms with Gasteiger partial charge in [0.05, 0.1) is 20.3 Å². The zero-order valence-corrected chi connectivity index (χ0v) is 15.5. The van der Waals surface area contributed by atoms with E-state index in [1.165, 1.54) is 0 Å². The molecule has 0 spiro atoms. The molecule has 0 bridgehead atoms. The Hall–Kier alpha value is -0.560. The number of alkyl halides is 1. The molecule has 0 radical (unpaired) electrons. The number of benzene rings is 1. The lowest BCUT2D eigenvalue weighted by molar-refractivity contribution is 0.0310. The van der Waals surface area contributed by atoms with Gasteiger partial charge in [0.25, 0.3) is 0 Å². The molecule has 0 fully saturated rings. The summed E-state index contributed by atoms with van der Waals surface area (Å²) in [6.07, 6.45) is 7.53. The van der Waals surface area contributed by atoms with Crippen LogP contribution in [0.3, 0.4) is 0 Å². The molecule has 0 heterocycles. The van der Waals surface area contributed by atoms with E-state index in [0.717, 1.165) is 21.3 Å². The number of hydrogen-bond donors (Lipinski definition) is 0. The first kappa shape index (κ1) is 17.8. The molecule has 1 atom stereocenters. The Morgan fingerprint density at radius 1 is 1.27 bits per heavy atom. The minimum absolute atomic E-state index is 0.538. The van der Waals surface area contributed by atoms with Crippen molar-refractivity contribution in [1.82, 2.24) is 0 Å². The third kappa shape index (κ3) is 5.57. The topological polar surface area (TPSA) is 27.7 Å². The normalized spacial score (nSPS) is 20.8. The van der Waals surface area contributed by atoms with Crippen LogP contribution in [0, 0.1) is 0 Å². The van der Waals surface area contributed by atoms with Crippen molar-refractivity contribution in [3.05, 3.63) is 51.6 Å². The predicted molar refractivity (Wildman–Crippen MR) is 97.7 cm³/mol. The summed E-state index contributed by atoms with van der Waals surface area (Å²) >= 11 is 8.65. The van der Waals surface area contributed by atoms with Crippen molar-refractivity contribution in [3.63, 3.8) is 0 Å². The van der Waals surface area contributed by atoms with Gasteiger partial charge in [-0.25, -0.2) is 0 Å². The van der Waals surface area contributed by atoms with Gasteiger partial charge in [-0.15, -0.1) is 0 Å². The van der Waals surface area contributed by atoms with E-state index in [2.05, 4.69) is 22.6 Å². The molecule has 0 saturated heterocycles. The van der Waals surface area contributed by atoms with Crippen LogP contribution in [0.25, 0.3) is 0 Å². The van der Waals surface area contributed by atoms with Gasteiger partial charge in [-0.2, -0.15) is 0 Å². The monoisotopic (exact) mass is 434 g/mol. The molecule has 0 saturated carbocycles. The van der Waals surface area contributed by atoms with Gasteiger partial charge in [0.2, 0.25) is 0 Å². The molecule has 1 aromatic rings. The van der Waals surface area contributed by atoms with E-state index in [9.17, 15) is 0 Å². The Kier molecular flexibility index (Phi) is 7.21. The highest BCUT2D eigenvalue weighted by Crippen LogP contribution is 2.31. The number of halogens is 2. The standard InChI is InChI=1S/C17H20ClIO3/c1-20-16-8-3-2-6-14(16)13-21-10-5-11-22-17(18)9-4-7-15(19)12-17/h2-4,6-8,12H,5,9-11,13H2,1H3. The van der Waals surface area contributed by atoms with Crippen molar-refractivity contribution in [2.45, 2.75) is 24.5 Å². The molecule has 3 nitrogen and oxygen atoms in total. The fourth-order valence-electron chi connectivity index (χ4n) is 2.15. The van der Waals surface area contributed by atoms with Crippen molar-refractivity contribution in [2.75, 3.05) is 20.3 Å². The summed E-state index contributed by atoms with van der Waals surface area (Å²) in [4.78, 5) is 0. The molecule has 22 heavy (non-hydrogen) atoms. The Balaban J connectivity index is 1.65. The molecule has 0 aromatic heterocycles. The van der Waals surface area contributed by atoms with E-state index in [0.29, 0.717) is 26.2 Å². The summed E-state index contributed by atoms with van der Waals surface area (Å²) in [5, 5.41) is -0.700. The van der Waals surface area contributed by atoms with Gasteiger partial charge < -0.3 is 14.2 Å². The van der Waals surface area contributed by atoms with Crippen LogP contribution < -0.4 is 4.74 Å². The van der Waals surface area contributed by atoms with Crippen LogP contribution in [-0.2, 0) is 16.1 Å². The minimum atomic E-state index is -0.700. The van der Waals surface area contributed by atoms with Crippen molar-refractivity contribution in [3.8, 4) is 5.75 Å². The fraction of sp³-hybridized carbons (Fsp3) is 0.412. The number of allylic oxidation sites excluding steroid dienone is 2. The minimum Gasteiger partial charge on any atom is -0.496 e. The van der Waals surface area contributed by atoms with Gasteiger partial charge in [0, 0.05) is 22.2 Å². The molecular formula is C17H20ClIO3. The Labute approximate surface area is 150 Å². The number of para-hydroxylation sites is 1. The first-order valence-electron chi connectivity index (χ1n) is 7.20. The van der Waals surface area contributed by atoms with Crippen LogP contribution in [0.1, 0.15) is 18.4 Å². The Morgan fingerprint density at radius 2 is 2.09 bits per heavy atom. The molecular weight excluding hydrogens is 415 g/mol. The Morgan fingerprint density at radius 3 is 2.86 bits per heavy atom. The van der Waals surface area contributed by atoms with Crippen LogP contribution in [0.5, 0.6) is 5.75 Å². The van der Waals surface area contributed by atoms with Crippen LogP contribution in [-0.4, -0.2) is 25.4 Å². The third-order valence-electron chi connectivity index (χ3n) is 3.25. The number of hydrogen-bond acceptors (Lipinski definition) is 3. The van der Waals surface area contributed by atoms with Crippen LogP contribution in [0.2, 0.25) is 0 Å². The molecule has 5 heteroatoms. The van der Waals surface area contributed by atoms with E-state index >= 15 is 0 Å². The highest BCUT2D eigenvalue weighted by molar-refractivity contribution is 14.1. The second kappa shape index (κ2) is 8.91. The van der Waals surface area contributed by atoms with Gasteiger partial charge in [-0.3, -0.25) is 0 Å². The van der Waals surface area contributed by atoms with Crippen LogP contribution >= 0.6 is 34.2 Å². The summed E-state index contributed by atoms with van der Waals surface area (Å²) in [6, 6.07) is 7.86. The summed E-state index contributed by atoms with van der Waals surface area (Å²) in [7, 11) is 1.67. The molecule has 0 aliphatic heterocycles. The van der Waals surface area contributed by atoms with E-state index in [1.54, 1.807) is 7.11 Å². The van der Waals surface area contributed by atoms with Crippen molar-refractivity contribution < 1.29 is 14.2 Å². The second-order valence-corrected chi connectivity index (χ2v) is 6.87. The zero-order valence-electron chi connectivity index (χ0n) is 12.6. The average molecular weight is 435 g/mol. The predicted octanol–water partition coefficient (Wildman–Crippen LogP) is 4.83. The third-order valence-corrected chi connectivity index (χ3v) is 4.30. The smallest absolute Gasteiger partial charge is 0.165 e. The van der Waals surface area contributed by atoms with Gasteiger partial charge in [0.1, 0.15) is 5.75 Å². The first-order valence-corrected chi connectivity index (χ1v) is 8.66. The summed E-state index contributed by atoms with van der Waals surface area (Å²) in [6.45, 7) is 1.74. The molecule has 1 aliphatic carbocycles. The molecule has 1 unspecified atom stereocenters. The maximum Gasteiger partial charge on any atom is 0.165 e. The van der Waals surface area contributed by atoms with Crippen molar-refractivity contribution in [2.24, 2.45) is 0 Å². The lowest BCUT2D eigenvalue weighted by atomic mass is 10.1. The summed E-state index contributed by atoms with van der Waals surface area (Å²) in [5.41, 5.74) is 1.05. The molecule has 2 rings (SSSR count). The average Bonchev–Trinajstić information content (AvgIpc) is 2.51. The maximum absolute atomic E-state index is 6.41.